The highest BCUT2D eigenvalue weighted by atomic mass is 32.2. The molecule has 2 aromatic carbocycles. The highest BCUT2D eigenvalue weighted by molar-refractivity contribution is 7.99. The van der Waals surface area contributed by atoms with E-state index in [0.717, 1.165) is 16.8 Å². The first-order valence-corrected chi connectivity index (χ1v) is 13.6. The van der Waals surface area contributed by atoms with E-state index in [-0.39, 0.29) is 24.1 Å². The fraction of sp³-hybridized carbons (Fsp3) is 0.280. The van der Waals surface area contributed by atoms with Gasteiger partial charge in [-0.05, 0) is 31.2 Å². The molecule has 2 amide bonds. The van der Waals surface area contributed by atoms with Gasteiger partial charge in [0.05, 0.1) is 46.4 Å². The number of aryl methyl sites for hydroxylation is 1. The molecule has 0 atom stereocenters. The Labute approximate surface area is 238 Å². The minimum atomic E-state index is -0.370. The van der Waals surface area contributed by atoms with Crippen molar-refractivity contribution in [3.8, 4) is 28.7 Å². The van der Waals surface area contributed by atoms with E-state index in [1.165, 1.54) is 32.7 Å². The molecule has 0 bridgehead atoms. The summed E-state index contributed by atoms with van der Waals surface area (Å²) in [5.74, 6) is 1.82. The first kappa shape index (κ1) is 28.6. The molecule has 13 nitrogen and oxygen atoms in total. The maximum atomic E-state index is 13.0. The largest absolute Gasteiger partial charge is 0.497 e. The topological polar surface area (TPSA) is 152 Å². The van der Waals surface area contributed by atoms with Gasteiger partial charge in [0.25, 0.3) is 5.91 Å². The monoisotopic (exact) mass is 585 g/mol. The third-order valence-corrected chi connectivity index (χ3v) is 7.14. The van der Waals surface area contributed by atoms with Crippen LogP contribution in [0.3, 0.4) is 0 Å². The van der Waals surface area contributed by atoms with Crippen LogP contribution >= 0.6 is 23.1 Å². The number of carbonyl (C=O) groups is 2. The van der Waals surface area contributed by atoms with Gasteiger partial charge in [0, 0.05) is 17.7 Å². The van der Waals surface area contributed by atoms with Crippen molar-refractivity contribution in [3.63, 3.8) is 0 Å². The average Bonchev–Trinajstić information content (AvgIpc) is 3.58. The normalized spacial score (nSPS) is 10.6. The van der Waals surface area contributed by atoms with Gasteiger partial charge in [-0.1, -0.05) is 23.1 Å². The minimum absolute atomic E-state index is 0.0164. The van der Waals surface area contributed by atoms with Gasteiger partial charge in [0.1, 0.15) is 28.0 Å². The molecule has 2 aromatic heterocycles. The van der Waals surface area contributed by atoms with Gasteiger partial charge in [0.2, 0.25) is 11.0 Å². The quantitative estimate of drug-likeness (QED) is 0.236. The molecule has 0 aliphatic rings. The summed E-state index contributed by atoms with van der Waals surface area (Å²) in [5, 5.41) is 23.6. The minimum Gasteiger partial charge on any atom is -0.497 e. The lowest BCUT2D eigenvalue weighted by atomic mass is 10.2. The molecule has 0 spiro atoms. The van der Waals surface area contributed by atoms with Crippen LogP contribution in [-0.2, 0) is 11.3 Å². The van der Waals surface area contributed by atoms with Crippen LogP contribution < -0.4 is 29.6 Å². The van der Waals surface area contributed by atoms with Crippen LogP contribution in [0.25, 0.3) is 5.69 Å². The van der Waals surface area contributed by atoms with Crippen molar-refractivity contribution in [2.24, 2.45) is 0 Å². The number of hydrogen-bond donors (Lipinski definition) is 2. The molecule has 0 unspecified atom stereocenters. The summed E-state index contributed by atoms with van der Waals surface area (Å²) in [6.45, 7) is 1.82. The van der Waals surface area contributed by atoms with Crippen molar-refractivity contribution in [3.05, 3.63) is 52.8 Å². The van der Waals surface area contributed by atoms with Crippen molar-refractivity contribution < 1.29 is 28.5 Å². The zero-order chi connectivity index (χ0) is 28.6. The van der Waals surface area contributed by atoms with Crippen molar-refractivity contribution in [2.45, 2.75) is 18.6 Å². The lowest BCUT2D eigenvalue weighted by molar-refractivity contribution is -0.113. The van der Waals surface area contributed by atoms with E-state index in [9.17, 15) is 9.59 Å². The second-order valence-electron chi connectivity index (χ2n) is 8.02. The fourth-order valence-corrected chi connectivity index (χ4v) is 4.93. The fourth-order valence-electron chi connectivity index (χ4n) is 3.55. The first-order chi connectivity index (χ1) is 19.3. The highest BCUT2D eigenvalue weighted by Gasteiger charge is 2.21. The van der Waals surface area contributed by atoms with E-state index in [1.54, 1.807) is 55.0 Å². The zero-order valence-electron chi connectivity index (χ0n) is 22.4. The van der Waals surface area contributed by atoms with Gasteiger partial charge in [-0.2, -0.15) is 0 Å². The maximum absolute atomic E-state index is 13.0. The van der Waals surface area contributed by atoms with E-state index >= 15 is 0 Å². The molecule has 2 N–H and O–H groups in total. The van der Waals surface area contributed by atoms with E-state index in [2.05, 4.69) is 31.0 Å². The van der Waals surface area contributed by atoms with Crippen LogP contribution in [0.5, 0.6) is 23.0 Å². The van der Waals surface area contributed by atoms with E-state index in [0.29, 0.717) is 50.4 Å². The summed E-state index contributed by atoms with van der Waals surface area (Å²) in [6.07, 6.45) is 0. The molecule has 40 heavy (non-hydrogen) atoms. The smallest absolute Gasteiger partial charge is 0.251 e. The number of methoxy groups -OCH3 is 4. The average molecular weight is 586 g/mol. The molecule has 2 heterocycles. The molecule has 0 aliphatic heterocycles. The van der Waals surface area contributed by atoms with E-state index in [4.69, 9.17) is 18.9 Å². The number of carbonyl (C=O) groups excluding carboxylic acids is 2. The Kier molecular flexibility index (Phi) is 9.39. The third kappa shape index (κ3) is 6.79. The third-order valence-electron chi connectivity index (χ3n) is 5.45. The van der Waals surface area contributed by atoms with Crippen molar-refractivity contribution >= 4 is 40.0 Å². The Bertz CT molecular complexity index is 1480. The van der Waals surface area contributed by atoms with Gasteiger partial charge in [-0.25, -0.2) is 0 Å². The number of benzene rings is 2. The molecule has 210 valence electrons. The lowest BCUT2D eigenvalue weighted by Crippen LogP contribution is -2.25. The van der Waals surface area contributed by atoms with Crippen LogP contribution in [0.4, 0.5) is 5.13 Å². The molecule has 0 saturated heterocycles. The highest BCUT2D eigenvalue weighted by Crippen LogP contribution is 2.32. The molecule has 15 heteroatoms. The lowest BCUT2D eigenvalue weighted by Gasteiger charge is -2.15. The Morgan fingerprint density at radius 2 is 1.62 bits per heavy atom. The first-order valence-electron chi connectivity index (χ1n) is 11.8. The summed E-state index contributed by atoms with van der Waals surface area (Å²) in [6, 6.07) is 10.1. The molecule has 0 radical (unpaired) electrons. The van der Waals surface area contributed by atoms with Gasteiger partial charge >= 0.3 is 0 Å². The number of ether oxygens (including phenoxy) is 4. The number of anilines is 1. The number of rotatable bonds is 12. The van der Waals surface area contributed by atoms with Crippen LogP contribution in [0.15, 0.2) is 41.6 Å². The van der Waals surface area contributed by atoms with Gasteiger partial charge in [-0.3, -0.25) is 19.5 Å². The summed E-state index contributed by atoms with van der Waals surface area (Å²) >= 11 is 2.44. The number of aromatic nitrogens is 5. The van der Waals surface area contributed by atoms with Gasteiger partial charge < -0.3 is 24.3 Å². The van der Waals surface area contributed by atoms with Crippen LogP contribution in [-0.4, -0.2) is 71.0 Å². The Hall–Kier alpha value is -4.37. The number of nitrogens with one attached hydrogen (secondary N) is 2. The van der Waals surface area contributed by atoms with Crippen LogP contribution in [0, 0.1) is 6.92 Å². The molecule has 0 saturated carbocycles. The predicted octanol–water partition coefficient (Wildman–Crippen LogP) is 3.12. The SMILES string of the molecule is COc1cc(OC)cc(C(=O)NCc2nnc(SCC(=O)Nc3nnc(C)s3)n2-c2cc(OC)ccc2OC)c1. The maximum Gasteiger partial charge on any atom is 0.251 e. The number of amides is 2. The summed E-state index contributed by atoms with van der Waals surface area (Å²) < 4.78 is 23.2. The number of thioether (sulfide) groups is 1. The van der Waals surface area contributed by atoms with Crippen LogP contribution in [0.2, 0.25) is 0 Å². The Balaban J connectivity index is 1.60. The van der Waals surface area contributed by atoms with E-state index in [1.807, 2.05) is 0 Å². The second kappa shape index (κ2) is 13.1. The van der Waals surface area contributed by atoms with Crippen molar-refractivity contribution in [1.29, 1.82) is 0 Å². The standard InChI is InChI=1S/C25H27N7O6S2/c1-14-28-30-24(40-14)27-22(33)13-39-25-31-29-21(32(25)19-11-16(35-2)6-7-20(19)38-5)12-26-23(34)15-8-17(36-3)10-18(9-15)37-4/h6-11H,12-13H2,1-5H3,(H,26,34)(H,27,30,33). The van der Waals surface area contributed by atoms with Crippen LogP contribution in [0.1, 0.15) is 21.2 Å². The van der Waals surface area contributed by atoms with E-state index < -0.39 is 0 Å². The number of hydrogen-bond acceptors (Lipinski definition) is 12. The molecular weight excluding hydrogens is 558 g/mol. The summed E-state index contributed by atoms with van der Waals surface area (Å²) in [4.78, 5) is 25.6. The molecule has 0 aliphatic carbocycles. The Morgan fingerprint density at radius 3 is 2.25 bits per heavy atom. The van der Waals surface area contributed by atoms with Gasteiger partial charge in [-0.15, -0.1) is 20.4 Å². The van der Waals surface area contributed by atoms with Crippen molar-refractivity contribution in [1.82, 2.24) is 30.3 Å². The molecule has 0 fully saturated rings. The van der Waals surface area contributed by atoms with Crippen molar-refractivity contribution in [2.75, 3.05) is 39.5 Å². The van der Waals surface area contributed by atoms with Gasteiger partial charge in [0.15, 0.2) is 11.0 Å². The second-order valence-corrected chi connectivity index (χ2v) is 10.1. The summed E-state index contributed by atoms with van der Waals surface area (Å²) in [5.41, 5.74) is 0.918. The Morgan fingerprint density at radius 1 is 0.900 bits per heavy atom. The zero-order valence-corrected chi connectivity index (χ0v) is 24.0. The molecular formula is C25H27N7O6S2. The predicted molar refractivity (Wildman–Crippen MR) is 149 cm³/mol. The molecule has 4 aromatic rings. The summed E-state index contributed by atoms with van der Waals surface area (Å²) in [7, 11) is 6.11. The molecule has 4 rings (SSSR count). The number of nitrogens with zero attached hydrogens (tertiary/aromatic N) is 5.